The van der Waals surface area contributed by atoms with Gasteiger partial charge in [0.15, 0.2) is 0 Å². The third-order valence-corrected chi connectivity index (χ3v) is 4.88. The minimum Gasteiger partial charge on any atom is -0.367 e. The lowest BCUT2D eigenvalue weighted by Gasteiger charge is -2.41. The Hall–Kier alpha value is -1.02. The minimum atomic E-state index is 0.128. The number of benzene rings is 1. The van der Waals surface area contributed by atoms with Crippen LogP contribution in [0.25, 0.3) is 0 Å². The summed E-state index contributed by atoms with van der Waals surface area (Å²) in [5, 5.41) is 0. The number of rotatable bonds is 3. The molecule has 1 unspecified atom stereocenters. The first-order valence-corrected chi connectivity index (χ1v) is 7.31. The van der Waals surface area contributed by atoms with E-state index in [4.69, 9.17) is 5.73 Å². The third kappa shape index (κ3) is 2.64. The van der Waals surface area contributed by atoms with Crippen LogP contribution in [0.2, 0.25) is 0 Å². The van der Waals surface area contributed by atoms with Gasteiger partial charge in [-0.05, 0) is 50.2 Å². The SMILES string of the molecule is Cc1ccc(N(C)C2(CN)CCC(C)(C)C2)c(C)c1. The van der Waals surface area contributed by atoms with Crippen LogP contribution in [0.15, 0.2) is 18.2 Å². The van der Waals surface area contributed by atoms with Gasteiger partial charge in [0.1, 0.15) is 0 Å². The maximum Gasteiger partial charge on any atom is 0.0526 e. The van der Waals surface area contributed by atoms with Gasteiger partial charge >= 0.3 is 0 Å². The Kier molecular flexibility index (Phi) is 3.65. The molecule has 0 bridgehead atoms. The molecule has 0 radical (unpaired) electrons. The molecule has 2 heteroatoms. The van der Waals surface area contributed by atoms with Crippen LogP contribution in [0.3, 0.4) is 0 Å². The fourth-order valence-electron chi connectivity index (χ4n) is 3.67. The zero-order valence-corrected chi connectivity index (χ0v) is 13.1. The van der Waals surface area contributed by atoms with Crippen LogP contribution >= 0.6 is 0 Å². The minimum absolute atomic E-state index is 0.128. The van der Waals surface area contributed by atoms with Gasteiger partial charge in [-0.15, -0.1) is 0 Å². The molecule has 19 heavy (non-hydrogen) atoms. The molecule has 1 saturated carbocycles. The lowest BCUT2D eigenvalue weighted by atomic mass is 9.86. The van der Waals surface area contributed by atoms with Gasteiger partial charge < -0.3 is 10.6 Å². The number of hydrogen-bond acceptors (Lipinski definition) is 2. The van der Waals surface area contributed by atoms with Crippen LogP contribution in [-0.2, 0) is 0 Å². The Morgan fingerprint density at radius 2 is 1.89 bits per heavy atom. The molecule has 1 fully saturated rings. The van der Waals surface area contributed by atoms with E-state index < -0.39 is 0 Å². The van der Waals surface area contributed by atoms with Crippen molar-refractivity contribution in [2.45, 2.75) is 52.5 Å². The summed E-state index contributed by atoms with van der Waals surface area (Å²) in [5.74, 6) is 0. The zero-order valence-electron chi connectivity index (χ0n) is 13.1. The van der Waals surface area contributed by atoms with Crippen molar-refractivity contribution in [2.24, 2.45) is 11.1 Å². The third-order valence-electron chi connectivity index (χ3n) is 4.88. The lowest BCUT2D eigenvalue weighted by Crippen LogP contribution is -2.51. The van der Waals surface area contributed by atoms with Gasteiger partial charge in [0.05, 0.1) is 5.54 Å². The molecule has 2 N–H and O–H groups in total. The Morgan fingerprint density at radius 1 is 1.21 bits per heavy atom. The van der Waals surface area contributed by atoms with Crippen molar-refractivity contribution >= 4 is 5.69 Å². The summed E-state index contributed by atoms with van der Waals surface area (Å²) in [4.78, 5) is 2.44. The van der Waals surface area contributed by atoms with Gasteiger partial charge in [0.25, 0.3) is 0 Å². The Balaban J connectivity index is 2.34. The number of nitrogens with two attached hydrogens (primary N) is 1. The van der Waals surface area contributed by atoms with Gasteiger partial charge in [-0.3, -0.25) is 0 Å². The van der Waals surface area contributed by atoms with Crippen molar-refractivity contribution < 1.29 is 0 Å². The summed E-state index contributed by atoms with van der Waals surface area (Å²) in [6.45, 7) is 9.80. The summed E-state index contributed by atoms with van der Waals surface area (Å²) in [6, 6.07) is 6.70. The largest absolute Gasteiger partial charge is 0.367 e. The molecule has 0 amide bonds. The van der Waals surface area contributed by atoms with E-state index in [0.717, 1.165) is 6.54 Å². The van der Waals surface area contributed by atoms with Crippen molar-refractivity contribution in [1.82, 2.24) is 0 Å². The van der Waals surface area contributed by atoms with E-state index in [2.05, 4.69) is 57.8 Å². The number of likely N-dealkylation sites (N-methyl/N-ethyl adjacent to an activating group) is 1. The zero-order chi connectivity index (χ0) is 14.3. The summed E-state index contributed by atoms with van der Waals surface area (Å²) >= 11 is 0. The summed E-state index contributed by atoms with van der Waals surface area (Å²) in [6.07, 6.45) is 3.64. The second-order valence-corrected chi connectivity index (χ2v) is 7.12. The molecule has 0 spiro atoms. The number of hydrogen-bond donors (Lipinski definition) is 1. The second kappa shape index (κ2) is 4.82. The van der Waals surface area contributed by atoms with E-state index in [9.17, 15) is 0 Å². The van der Waals surface area contributed by atoms with E-state index in [-0.39, 0.29) is 5.54 Å². The molecule has 1 aromatic rings. The van der Waals surface area contributed by atoms with E-state index in [1.54, 1.807) is 0 Å². The van der Waals surface area contributed by atoms with E-state index in [1.165, 1.54) is 36.1 Å². The molecule has 0 aromatic heterocycles. The molecule has 0 aliphatic heterocycles. The van der Waals surface area contributed by atoms with E-state index in [0.29, 0.717) is 5.41 Å². The highest BCUT2D eigenvalue weighted by Gasteiger charge is 2.45. The predicted octanol–water partition coefficient (Wildman–Crippen LogP) is 3.65. The molecule has 106 valence electrons. The number of nitrogens with zero attached hydrogens (tertiary/aromatic N) is 1. The van der Waals surface area contributed by atoms with Gasteiger partial charge in [0, 0.05) is 19.3 Å². The molecule has 1 aliphatic carbocycles. The van der Waals surface area contributed by atoms with Crippen molar-refractivity contribution in [3.8, 4) is 0 Å². The molecule has 2 rings (SSSR count). The molecule has 2 nitrogen and oxygen atoms in total. The smallest absolute Gasteiger partial charge is 0.0526 e. The molecule has 0 heterocycles. The maximum atomic E-state index is 6.17. The predicted molar refractivity (Wildman–Crippen MR) is 83.7 cm³/mol. The van der Waals surface area contributed by atoms with Crippen LogP contribution in [-0.4, -0.2) is 19.1 Å². The lowest BCUT2D eigenvalue weighted by molar-refractivity contribution is 0.332. The Morgan fingerprint density at radius 3 is 2.37 bits per heavy atom. The van der Waals surface area contributed by atoms with Gasteiger partial charge in [-0.1, -0.05) is 31.5 Å². The first-order chi connectivity index (χ1) is 8.80. The molecular weight excluding hydrogens is 232 g/mol. The number of aryl methyl sites for hydroxylation is 2. The van der Waals surface area contributed by atoms with Crippen LogP contribution in [0.5, 0.6) is 0 Å². The first-order valence-electron chi connectivity index (χ1n) is 7.31. The maximum absolute atomic E-state index is 6.17. The quantitative estimate of drug-likeness (QED) is 0.899. The molecule has 1 atom stereocenters. The summed E-state index contributed by atoms with van der Waals surface area (Å²) in [5.41, 5.74) is 10.7. The van der Waals surface area contributed by atoms with Gasteiger partial charge in [-0.25, -0.2) is 0 Å². The van der Waals surface area contributed by atoms with Crippen molar-refractivity contribution in [2.75, 3.05) is 18.5 Å². The molecular formula is C17H28N2. The highest BCUT2D eigenvalue weighted by molar-refractivity contribution is 5.56. The fraction of sp³-hybridized carbons (Fsp3) is 0.647. The standard InChI is InChI=1S/C17H28N2/c1-13-6-7-15(14(2)10-13)19(5)17(12-18)9-8-16(3,4)11-17/h6-7,10H,8-9,11-12,18H2,1-5H3. The number of anilines is 1. The monoisotopic (exact) mass is 260 g/mol. The highest BCUT2D eigenvalue weighted by Crippen LogP contribution is 2.47. The summed E-state index contributed by atoms with van der Waals surface area (Å²) in [7, 11) is 2.21. The Bertz CT molecular complexity index is 464. The van der Waals surface area contributed by atoms with Crippen molar-refractivity contribution in [3.05, 3.63) is 29.3 Å². The van der Waals surface area contributed by atoms with Crippen LogP contribution in [0, 0.1) is 19.3 Å². The topological polar surface area (TPSA) is 29.3 Å². The van der Waals surface area contributed by atoms with Crippen molar-refractivity contribution in [1.29, 1.82) is 0 Å². The van der Waals surface area contributed by atoms with Crippen LogP contribution in [0.4, 0.5) is 5.69 Å². The highest BCUT2D eigenvalue weighted by atomic mass is 15.2. The van der Waals surface area contributed by atoms with E-state index >= 15 is 0 Å². The first kappa shape index (κ1) is 14.4. The molecule has 1 aliphatic rings. The van der Waals surface area contributed by atoms with Gasteiger partial charge in [-0.2, -0.15) is 0 Å². The normalized spacial score (nSPS) is 25.6. The average molecular weight is 260 g/mol. The fourth-order valence-corrected chi connectivity index (χ4v) is 3.67. The molecule has 1 aromatic carbocycles. The van der Waals surface area contributed by atoms with Crippen molar-refractivity contribution in [3.63, 3.8) is 0 Å². The van der Waals surface area contributed by atoms with E-state index in [1.807, 2.05) is 0 Å². The van der Waals surface area contributed by atoms with Crippen LogP contribution in [0.1, 0.15) is 44.2 Å². The van der Waals surface area contributed by atoms with Crippen LogP contribution < -0.4 is 10.6 Å². The average Bonchev–Trinajstić information content (AvgIpc) is 2.65. The molecule has 0 saturated heterocycles. The summed E-state index contributed by atoms with van der Waals surface area (Å²) < 4.78 is 0. The Labute approximate surface area is 118 Å². The van der Waals surface area contributed by atoms with Gasteiger partial charge in [0.2, 0.25) is 0 Å². The second-order valence-electron chi connectivity index (χ2n) is 7.12.